The third-order valence-corrected chi connectivity index (χ3v) is 0.195. The zero-order chi connectivity index (χ0) is 4.12. The molecule has 0 N–H and O–H groups in total. The minimum absolute atomic E-state index is 0.427. The van der Waals surface area contributed by atoms with Crippen molar-refractivity contribution in [3.8, 4) is 0 Å². The SMILES string of the molecule is CCN=NF. The molecule has 0 aliphatic heterocycles. The van der Waals surface area contributed by atoms with Crippen LogP contribution in [0.3, 0.4) is 0 Å². The standard InChI is InChI=1S/C2H5FN2/c1-2-4-5-3/h2H2,1H3. The Balaban J connectivity index is 2.62. The summed E-state index contributed by atoms with van der Waals surface area (Å²) in [5.74, 6) is 0. The van der Waals surface area contributed by atoms with Gasteiger partial charge in [0.15, 0.2) is 0 Å². The van der Waals surface area contributed by atoms with Gasteiger partial charge in [0.1, 0.15) is 0 Å². The van der Waals surface area contributed by atoms with E-state index in [2.05, 4.69) is 5.11 Å². The normalized spacial score (nSPS) is 10.0. The van der Waals surface area contributed by atoms with E-state index < -0.39 is 0 Å². The molecule has 0 spiro atoms. The van der Waals surface area contributed by atoms with Crippen LogP contribution < -0.4 is 0 Å². The maximum atomic E-state index is 10.5. The largest absolute Gasteiger partial charge is 0.160 e. The monoisotopic (exact) mass is 76.0 g/mol. The van der Waals surface area contributed by atoms with Gasteiger partial charge in [-0.2, -0.15) is 5.11 Å². The van der Waals surface area contributed by atoms with Gasteiger partial charge in [-0.25, -0.2) is 0 Å². The lowest BCUT2D eigenvalue weighted by molar-refractivity contribution is 0.479. The van der Waals surface area contributed by atoms with Crippen molar-refractivity contribution >= 4 is 0 Å². The van der Waals surface area contributed by atoms with Crippen LogP contribution in [-0.4, -0.2) is 6.54 Å². The van der Waals surface area contributed by atoms with Crippen molar-refractivity contribution in [2.75, 3.05) is 6.54 Å². The molecule has 0 aromatic heterocycles. The molecule has 0 rings (SSSR count). The fourth-order valence-corrected chi connectivity index (χ4v) is 0.0535. The second-order valence-electron chi connectivity index (χ2n) is 0.533. The van der Waals surface area contributed by atoms with Crippen molar-refractivity contribution in [3.63, 3.8) is 0 Å². The maximum Gasteiger partial charge on any atom is 0.0600 e. The average molecular weight is 76.1 g/mol. The number of halogens is 1. The minimum Gasteiger partial charge on any atom is -0.160 e. The summed E-state index contributed by atoms with van der Waals surface area (Å²) in [5, 5.41) is 4.91. The van der Waals surface area contributed by atoms with E-state index >= 15 is 0 Å². The Morgan fingerprint density at radius 3 is 2.40 bits per heavy atom. The molecule has 0 aromatic carbocycles. The van der Waals surface area contributed by atoms with Gasteiger partial charge in [0, 0.05) is 5.34 Å². The van der Waals surface area contributed by atoms with Crippen molar-refractivity contribution in [2.24, 2.45) is 10.5 Å². The van der Waals surface area contributed by atoms with Gasteiger partial charge >= 0.3 is 0 Å². The highest BCUT2D eigenvalue weighted by atomic mass is 19.2. The first-order chi connectivity index (χ1) is 2.41. The highest BCUT2D eigenvalue weighted by molar-refractivity contribution is 4.12. The van der Waals surface area contributed by atoms with Crippen LogP contribution in [0, 0.1) is 0 Å². The molecule has 0 heterocycles. The van der Waals surface area contributed by atoms with Crippen molar-refractivity contribution in [1.29, 1.82) is 0 Å². The summed E-state index contributed by atoms with van der Waals surface area (Å²) in [6.07, 6.45) is 0. The molecule has 0 saturated carbocycles. The van der Waals surface area contributed by atoms with Gasteiger partial charge in [0.2, 0.25) is 0 Å². The molecule has 5 heavy (non-hydrogen) atoms. The summed E-state index contributed by atoms with van der Waals surface area (Å²) >= 11 is 0. The molecular formula is C2H5FN2. The number of hydrogen-bond donors (Lipinski definition) is 0. The maximum absolute atomic E-state index is 10.5. The molecule has 0 amide bonds. The van der Waals surface area contributed by atoms with E-state index in [0.29, 0.717) is 6.54 Å². The van der Waals surface area contributed by atoms with Crippen LogP contribution in [-0.2, 0) is 0 Å². The highest BCUT2D eigenvalue weighted by Gasteiger charge is 1.55. The highest BCUT2D eigenvalue weighted by Crippen LogP contribution is 1.69. The Hall–Kier alpha value is -0.470. The molecule has 0 aliphatic rings. The lowest BCUT2D eigenvalue weighted by Crippen LogP contribution is -1.55. The van der Waals surface area contributed by atoms with Crippen LogP contribution in [0.15, 0.2) is 10.5 Å². The van der Waals surface area contributed by atoms with E-state index in [0.717, 1.165) is 0 Å². The molecule has 0 bridgehead atoms. The van der Waals surface area contributed by atoms with Crippen LogP contribution in [0.4, 0.5) is 4.48 Å². The quantitative estimate of drug-likeness (QED) is 0.421. The van der Waals surface area contributed by atoms with Crippen LogP contribution >= 0.6 is 0 Å². The third-order valence-electron chi connectivity index (χ3n) is 0.195. The molecule has 0 aliphatic carbocycles. The Bertz CT molecular complexity index is 34.6. The van der Waals surface area contributed by atoms with Crippen molar-refractivity contribution in [2.45, 2.75) is 6.92 Å². The Labute approximate surface area is 29.7 Å². The molecule has 0 fully saturated rings. The lowest BCUT2D eigenvalue weighted by atomic mass is 10.8. The minimum atomic E-state index is 0.427. The predicted octanol–water partition coefficient (Wildman–Crippen LogP) is 1.34. The molecule has 30 valence electrons. The summed E-state index contributed by atoms with van der Waals surface area (Å²) in [6, 6.07) is 0. The first-order valence-electron chi connectivity index (χ1n) is 1.39. The van der Waals surface area contributed by atoms with Gasteiger partial charge in [-0.3, -0.25) is 0 Å². The van der Waals surface area contributed by atoms with E-state index in [-0.39, 0.29) is 0 Å². The zero-order valence-electron chi connectivity index (χ0n) is 2.98. The molecule has 0 unspecified atom stereocenters. The molecular weight excluding hydrogens is 71.0 g/mol. The molecule has 0 atom stereocenters. The van der Waals surface area contributed by atoms with Crippen LogP contribution in [0.25, 0.3) is 0 Å². The molecule has 0 radical (unpaired) electrons. The molecule has 2 nitrogen and oxygen atoms in total. The molecule has 0 aromatic rings. The lowest BCUT2D eigenvalue weighted by Gasteiger charge is -1.62. The summed E-state index contributed by atoms with van der Waals surface area (Å²) in [6.45, 7) is 2.14. The van der Waals surface area contributed by atoms with Gasteiger partial charge in [-0.1, -0.05) is 4.48 Å². The third kappa shape index (κ3) is 3.53. The van der Waals surface area contributed by atoms with Crippen molar-refractivity contribution < 1.29 is 4.48 Å². The van der Waals surface area contributed by atoms with E-state index in [1.165, 1.54) is 0 Å². The fourth-order valence-electron chi connectivity index (χ4n) is 0.0535. The number of nitrogens with zero attached hydrogens (tertiary/aromatic N) is 2. The second kappa shape index (κ2) is 3.53. The second-order valence-corrected chi connectivity index (χ2v) is 0.533. The van der Waals surface area contributed by atoms with E-state index in [1.807, 2.05) is 5.34 Å². The van der Waals surface area contributed by atoms with E-state index in [4.69, 9.17) is 0 Å². The number of hydrogen-bond acceptors (Lipinski definition) is 2. The first kappa shape index (κ1) is 4.53. The summed E-state index contributed by atoms with van der Waals surface area (Å²) < 4.78 is 10.5. The summed E-state index contributed by atoms with van der Waals surface area (Å²) in [4.78, 5) is 0. The molecule has 3 heteroatoms. The zero-order valence-corrected chi connectivity index (χ0v) is 2.98. The Morgan fingerprint density at radius 2 is 2.40 bits per heavy atom. The van der Waals surface area contributed by atoms with Crippen LogP contribution in [0.5, 0.6) is 0 Å². The van der Waals surface area contributed by atoms with Gasteiger partial charge in [-0.05, 0) is 6.92 Å². The van der Waals surface area contributed by atoms with Crippen LogP contribution in [0.2, 0.25) is 0 Å². The predicted molar refractivity (Wildman–Crippen MR) is 16.5 cm³/mol. The molecule has 0 saturated heterocycles. The van der Waals surface area contributed by atoms with Crippen molar-refractivity contribution in [3.05, 3.63) is 0 Å². The Morgan fingerprint density at radius 1 is 1.80 bits per heavy atom. The first-order valence-corrected chi connectivity index (χ1v) is 1.39. The van der Waals surface area contributed by atoms with E-state index in [9.17, 15) is 4.48 Å². The van der Waals surface area contributed by atoms with Gasteiger partial charge in [-0.15, -0.1) is 0 Å². The summed E-state index contributed by atoms with van der Waals surface area (Å²) in [5.41, 5.74) is 0. The smallest absolute Gasteiger partial charge is 0.0600 e. The van der Waals surface area contributed by atoms with Gasteiger partial charge in [0.05, 0.1) is 6.54 Å². The van der Waals surface area contributed by atoms with Crippen LogP contribution in [0.1, 0.15) is 6.92 Å². The topological polar surface area (TPSA) is 24.7 Å². The number of rotatable bonds is 1. The van der Waals surface area contributed by atoms with Gasteiger partial charge < -0.3 is 0 Å². The Kier molecular flexibility index (Phi) is 3.20. The van der Waals surface area contributed by atoms with E-state index in [1.54, 1.807) is 6.92 Å². The summed E-state index contributed by atoms with van der Waals surface area (Å²) in [7, 11) is 0. The average Bonchev–Trinajstić information content (AvgIpc) is 1.41. The van der Waals surface area contributed by atoms with Gasteiger partial charge in [0.25, 0.3) is 0 Å². The van der Waals surface area contributed by atoms with Crippen molar-refractivity contribution in [1.82, 2.24) is 0 Å². The fraction of sp³-hybridized carbons (Fsp3) is 1.00.